The topological polar surface area (TPSA) is 76.7 Å². The molecule has 2 rings (SSSR count). The number of ether oxygens (including phenoxy) is 2. The Kier molecular flexibility index (Phi) is 5.19. The van der Waals surface area contributed by atoms with Crippen LogP contribution in [0.4, 0.5) is 5.69 Å². The quantitative estimate of drug-likeness (QED) is 0.888. The van der Waals surface area contributed by atoms with Gasteiger partial charge in [-0.1, -0.05) is 6.07 Å². The van der Waals surface area contributed by atoms with Gasteiger partial charge in [0.1, 0.15) is 11.5 Å². The first-order valence-electron chi connectivity index (χ1n) is 6.94. The van der Waals surface area contributed by atoms with Crippen LogP contribution < -0.4 is 20.1 Å². The van der Waals surface area contributed by atoms with Crippen molar-refractivity contribution in [2.75, 3.05) is 26.6 Å². The monoisotopic (exact) mass is 314 g/mol. The molecular formula is C17H18N2O4. The van der Waals surface area contributed by atoms with Crippen LogP contribution in [-0.4, -0.2) is 33.1 Å². The van der Waals surface area contributed by atoms with E-state index in [4.69, 9.17) is 9.47 Å². The minimum Gasteiger partial charge on any atom is -0.497 e. The first-order chi connectivity index (χ1) is 11.1. The first-order valence-corrected chi connectivity index (χ1v) is 6.94. The van der Waals surface area contributed by atoms with E-state index in [0.717, 1.165) is 0 Å². The van der Waals surface area contributed by atoms with E-state index >= 15 is 0 Å². The molecule has 2 N–H and O–H groups in total. The van der Waals surface area contributed by atoms with Gasteiger partial charge in [0.25, 0.3) is 11.8 Å². The van der Waals surface area contributed by atoms with Crippen molar-refractivity contribution < 1.29 is 19.1 Å². The van der Waals surface area contributed by atoms with Gasteiger partial charge in [0.05, 0.1) is 14.2 Å². The molecule has 0 bridgehead atoms. The van der Waals surface area contributed by atoms with Gasteiger partial charge in [0.15, 0.2) is 0 Å². The maximum absolute atomic E-state index is 12.4. The second-order valence-corrected chi connectivity index (χ2v) is 4.72. The number of carbonyl (C=O) groups excluding carboxylic acids is 2. The average Bonchev–Trinajstić information content (AvgIpc) is 2.60. The summed E-state index contributed by atoms with van der Waals surface area (Å²) < 4.78 is 10.3. The van der Waals surface area contributed by atoms with Gasteiger partial charge in [-0.3, -0.25) is 9.59 Å². The Bertz CT molecular complexity index is 706. The molecule has 0 saturated heterocycles. The predicted octanol–water partition coefficient (Wildman–Crippen LogP) is 2.32. The molecule has 0 aromatic heterocycles. The summed E-state index contributed by atoms with van der Waals surface area (Å²) in [6, 6.07) is 11.6. The fourth-order valence-corrected chi connectivity index (χ4v) is 2.02. The zero-order valence-electron chi connectivity index (χ0n) is 13.2. The molecule has 2 amide bonds. The lowest BCUT2D eigenvalue weighted by molar-refractivity contribution is 0.0961. The smallest absolute Gasteiger partial charge is 0.255 e. The SMILES string of the molecule is CNC(=O)c1cccc(NC(=O)c2cc(OC)cc(OC)c2)c1. The Morgan fingerprint density at radius 1 is 0.870 bits per heavy atom. The van der Waals surface area contributed by atoms with Crippen molar-refractivity contribution in [2.24, 2.45) is 0 Å². The number of nitrogens with one attached hydrogen (secondary N) is 2. The molecule has 0 radical (unpaired) electrons. The molecule has 2 aromatic carbocycles. The highest BCUT2D eigenvalue weighted by atomic mass is 16.5. The Morgan fingerprint density at radius 2 is 1.52 bits per heavy atom. The molecule has 6 nitrogen and oxygen atoms in total. The summed E-state index contributed by atoms with van der Waals surface area (Å²) in [5.74, 6) is 0.502. The molecular weight excluding hydrogens is 296 g/mol. The minimum atomic E-state index is -0.323. The first kappa shape index (κ1) is 16.4. The Labute approximate surface area is 134 Å². The summed E-state index contributed by atoms with van der Waals surface area (Å²) in [7, 11) is 4.59. The van der Waals surface area contributed by atoms with E-state index in [1.165, 1.54) is 14.2 Å². The number of benzene rings is 2. The maximum Gasteiger partial charge on any atom is 0.255 e. The van der Waals surface area contributed by atoms with Crippen LogP contribution >= 0.6 is 0 Å². The van der Waals surface area contributed by atoms with Gasteiger partial charge in [0, 0.05) is 29.9 Å². The molecule has 0 aliphatic rings. The van der Waals surface area contributed by atoms with Crippen LogP contribution in [0.25, 0.3) is 0 Å². The number of methoxy groups -OCH3 is 2. The summed E-state index contributed by atoms with van der Waals surface area (Å²) in [4.78, 5) is 24.0. The molecule has 0 atom stereocenters. The van der Waals surface area contributed by atoms with E-state index in [2.05, 4.69) is 10.6 Å². The lowest BCUT2D eigenvalue weighted by Crippen LogP contribution is -2.18. The number of hydrogen-bond donors (Lipinski definition) is 2. The fourth-order valence-electron chi connectivity index (χ4n) is 2.02. The van der Waals surface area contributed by atoms with E-state index in [0.29, 0.717) is 28.3 Å². The van der Waals surface area contributed by atoms with Crippen LogP contribution in [0.3, 0.4) is 0 Å². The second kappa shape index (κ2) is 7.31. The number of anilines is 1. The lowest BCUT2D eigenvalue weighted by Gasteiger charge is -2.10. The van der Waals surface area contributed by atoms with Gasteiger partial charge in [-0.2, -0.15) is 0 Å². The molecule has 120 valence electrons. The molecule has 0 aliphatic carbocycles. The number of hydrogen-bond acceptors (Lipinski definition) is 4. The van der Waals surface area contributed by atoms with Crippen molar-refractivity contribution in [3.8, 4) is 11.5 Å². The second-order valence-electron chi connectivity index (χ2n) is 4.72. The molecule has 0 fully saturated rings. The van der Waals surface area contributed by atoms with Crippen molar-refractivity contribution >= 4 is 17.5 Å². The van der Waals surface area contributed by atoms with Crippen LogP contribution in [0.5, 0.6) is 11.5 Å². The van der Waals surface area contributed by atoms with E-state index < -0.39 is 0 Å². The van der Waals surface area contributed by atoms with Gasteiger partial charge < -0.3 is 20.1 Å². The van der Waals surface area contributed by atoms with Crippen LogP contribution in [0.1, 0.15) is 20.7 Å². The highest BCUT2D eigenvalue weighted by Crippen LogP contribution is 2.23. The largest absolute Gasteiger partial charge is 0.497 e. The van der Waals surface area contributed by atoms with Crippen molar-refractivity contribution in [1.82, 2.24) is 5.32 Å². The summed E-state index contributed by atoms with van der Waals surface area (Å²) in [5.41, 5.74) is 1.39. The minimum absolute atomic E-state index is 0.218. The van der Waals surface area contributed by atoms with Crippen LogP contribution in [0, 0.1) is 0 Å². The summed E-state index contributed by atoms with van der Waals surface area (Å²) in [6.45, 7) is 0. The van der Waals surface area contributed by atoms with Crippen molar-refractivity contribution in [3.05, 3.63) is 53.6 Å². The molecule has 0 heterocycles. The molecule has 0 spiro atoms. The third-order valence-electron chi connectivity index (χ3n) is 3.22. The predicted molar refractivity (Wildman–Crippen MR) is 87.3 cm³/mol. The molecule has 0 unspecified atom stereocenters. The zero-order chi connectivity index (χ0) is 16.8. The molecule has 0 saturated carbocycles. The van der Waals surface area contributed by atoms with Crippen LogP contribution in [0.2, 0.25) is 0 Å². The van der Waals surface area contributed by atoms with Crippen molar-refractivity contribution in [2.45, 2.75) is 0 Å². The lowest BCUT2D eigenvalue weighted by atomic mass is 10.1. The number of rotatable bonds is 5. The van der Waals surface area contributed by atoms with Crippen molar-refractivity contribution in [1.29, 1.82) is 0 Å². The Morgan fingerprint density at radius 3 is 2.09 bits per heavy atom. The van der Waals surface area contributed by atoms with Gasteiger partial charge in [-0.25, -0.2) is 0 Å². The maximum atomic E-state index is 12.4. The van der Waals surface area contributed by atoms with Crippen LogP contribution in [-0.2, 0) is 0 Å². The highest BCUT2D eigenvalue weighted by Gasteiger charge is 2.11. The molecule has 0 aliphatic heterocycles. The summed E-state index contributed by atoms with van der Waals surface area (Å²) in [6.07, 6.45) is 0. The standard InChI is InChI=1S/C17H18N2O4/c1-18-16(20)11-5-4-6-13(7-11)19-17(21)12-8-14(22-2)10-15(9-12)23-3/h4-10H,1-3H3,(H,18,20)(H,19,21). The highest BCUT2D eigenvalue weighted by molar-refractivity contribution is 6.05. The Hall–Kier alpha value is -3.02. The Balaban J connectivity index is 2.24. The van der Waals surface area contributed by atoms with Gasteiger partial charge >= 0.3 is 0 Å². The van der Waals surface area contributed by atoms with Crippen molar-refractivity contribution in [3.63, 3.8) is 0 Å². The third-order valence-corrected chi connectivity index (χ3v) is 3.22. The van der Waals surface area contributed by atoms with Gasteiger partial charge in [-0.15, -0.1) is 0 Å². The van der Waals surface area contributed by atoms with E-state index in [-0.39, 0.29) is 11.8 Å². The van der Waals surface area contributed by atoms with E-state index in [1.807, 2.05) is 0 Å². The molecule has 23 heavy (non-hydrogen) atoms. The fraction of sp³-hybridized carbons (Fsp3) is 0.176. The average molecular weight is 314 g/mol. The van der Waals surface area contributed by atoms with Gasteiger partial charge in [-0.05, 0) is 30.3 Å². The number of amides is 2. The number of carbonyl (C=O) groups is 2. The molecule has 2 aromatic rings. The summed E-state index contributed by atoms with van der Waals surface area (Å²) in [5, 5.41) is 5.29. The van der Waals surface area contributed by atoms with Crippen LogP contribution in [0.15, 0.2) is 42.5 Å². The molecule has 6 heteroatoms. The van der Waals surface area contributed by atoms with E-state index in [1.54, 1.807) is 49.5 Å². The summed E-state index contributed by atoms with van der Waals surface area (Å²) >= 11 is 0. The van der Waals surface area contributed by atoms with Gasteiger partial charge in [0.2, 0.25) is 0 Å². The normalized spacial score (nSPS) is 9.87. The van der Waals surface area contributed by atoms with E-state index in [9.17, 15) is 9.59 Å². The zero-order valence-corrected chi connectivity index (χ0v) is 13.2. The third kappa shape index (κ3) is 4.00.